The molecular weight excluding hydrogens is 308 g/mol. The van der Waals surface area contributed by atoms with Gasteiger partial charge in [0.1, 0.15) is 11.9 Å². The van der Waals surface area contributed by atoms with Crippen molar-refractivity contribution in [2.45, 2.75) is 33.0 Å². The molecule has 24 heavy (non-hydrogen) atoms. The molecule has 0 fully saturated rings. The van der Waals surface area contributed by atoms with Gasteiger partial charge in [-0.25, -0.2) is 0 Å². The first-order valence-electron chi connectivity index (χ1n) is 7.51. The van der Waals surface area contributed by atoms with Crippen molar-refractivity contribution in [1.82, 2.24) is 9.88 Å². The number of carbonyl (C=O) groups is 2. The molecule has 1 aromatic rings. The molecule has 0 bridgehead atoms. The molecule has 0 saturated heterocycles. The maximum absolute atomic E-state index is 13.0. The van der Waals surface area contributed by atoms with Crippen molar-refractivity contribution in [3.63, 3.8) is 0 Å². The second-order valence-electron chi connectivity index (χ2n) is 5.84. The third-order valence-corrected chi connectivity index (χ3v) is 4.23. The first kappa shape index (κ1) is 16.0. The van der Waals surface area contributed by atoms with Gasteiger partial charge in [0.05, 0.1) is 16.8 Å². The lowest BCUT2D eigenvalue weighted by Crippen LogP contribution is -2.42. The Hall–Kier alpha value is -2.91. The quantitative estimate of drug-likeness (QED) is 0.781. The van der Waals surface area contributed by atoms with E-state index in [1.807, 2.05) is 0 Å². The van der Waals surface area contributed by atoms with Gasteiger partial charge < -0.3 is 15.0 Å². The molecule has 122 valence electrons. The number of hydrogen-bond donors (Lipinski definition) is 2. The van der Waals surface area contributed by atoms with E-state index in [4.69, 9.17) is 6.42 Å². The van der Waals surface area contributed by atoms with E-state index < -0.39 is 12.0 Å². The van der Waals surface area contributed by atoms with Crippen LogP contribution in [0.3, 0.4) is 0 Å². The van der Waals surface area contributed by atoms with Gasteiger partial charge in [-0.05, 0) is 31.1 Å². The summed E-state index contributed by atoms with van der Waals surface area (Å²) in [7, 11) is 0. The normalized spacial score (nSPS) is 19.2. The van der Waals surface area contributed by atoms with Gasteiger partial charge in [0.25, 0.3) is 5.56 Å². The maximum Gasteiger partial charge on any atom is 0.251 e. The van der Waals surface area contributed by atoms with Crippen LogP contribution in [-0.2, 0) is 6.54 Å². The molecule has 0 radical (unpaired) electrons. The largest absolute Gasteiger partial charge is 0.370 e. The molecule has 2 heterocycles. The number of carbonyl (C=O) groups excluding carboxylic acids is 2. The predicted molar refractivity (Wildman–Crippen MR) is 87.5 cm³/mol. The second-order valence-corrected chi connectivity index (χ2v) is 5.84. The molecular formula is C18H16N2O4. The van der Waals surface area contributed by atoms with Crippen LogP contribution in [0.15, 0.2) is 33.8 Å². The summed E-state index contributed by atoms with van der Waals surface area (Å²) in [5, 5.41) is 12.4. The van der Waals surface area contributed by atoms with Crippen molar-refractivity contribution < 1.29 is 14.7 Å². The Bertz CT molecular complexity index is 941. The third-order valence-electron chi connectivity index (χ3n) is 4.23. The number of nitrogens with one attached hydrogen (secondary N) is 1. The van der Waals surface area contributed by atoms with E-state index in [9.17, 15) is 19.5 Å². The van der Waals surface area contributed by atoms with E-state index >= 15 is 0 Å². The Labute approximate surface area is 138 Å². The molecule has 3 rings (SSSR count). The lowest BCUT2D eigenvalue weighted by atomic mass is 9.83. The number of nitrogens with zero attached hydrogens (tertiary/aromatic N) is 1. The van der Waals surface area contributed by atoms with E-state index in [-0.39, 0.29) is 46.8 Å². The fourth-order valence-electron chi connectivity index (χ4n) is 3.18. The number of aryl methyl sites for hydroxylation is 1. The van der Waals surface area contributed by atoms with Gasteiger partial charge in [-0.2, -0.15) is 0 Å². The lowest BCUT2D eigenvalue weighted by Gasteiger charge is -2.29. The third kappa shape index (κ3) is 2.22. The molecule has 6 heteroatoms. The Balaban J connectivity index is 2.30. The van der Waals surface area contributed by atoms with Crippen molar-refractivity contribution in [3.05, 3.63) is 56.2 Å². The van der Waals surface area contributed by atoms with Gasteiger partial charge in [0.2, 0.25) is 5.78 Å². The summed E-state index contributed by atoms with van der Waals surface area (Å²) in [6.45, 7) is 3.45. The Morgan fingerprint density at radius 1 is 1.29 bits per heavy atom. The van der Waals surface area contributed by atoms with Crippen molar-refractivity contribution >= 4 is 11.6 Å². The molecule has 1 unspecified atom stereocenters. The number of aromatic nitrogens is 1. The number of pyridine rings is 1. The Morgan fingerprint density at radius 3 is 2.67 bits per heavy atom. The second kappa shape index (κ2) is 5.62. The van der Waals surface area contributed by atoms with Gasteiger partial charge in [-0.1, -0.05) is 0 Å². The summed E-state index contributed by atoms with van der Waals surface area (Å²) in [4.78, 5) is 38.2. The van der Waals surface area contributed by atoms with Gasteiger partial charge in [0.15, 0.2) is 5.78 Å². The molecule has 6 nitrogen and oxygen atoms in total. The number of terminal acetylenes is 1. The molecule has 1 aliphatic heterocycles. The van der Waals surface area contributed by atoms with Gasteiger partial charge in [-0.3, -0.25) is 14.4 Å². The zero-order chi connectivity index (χ0) is 17.6. The fraction of sp³-hybridized carbons (Fsp3) is 0.278. The minimum atomic E-state index is -1.06. The zero-order valence-electron chi connectivity index (χ0n) is 13.3. The Morgan fingerprint density at radius 2 is 2.00 bits per heavy atom. The zero-order valence-corrected chi connectivity index (χ0v) is 13.3. The van der Waals surface area contributed by atoms with Crippen LogP contribution in [0.2, 0.25) is 0 Å². The van der Waals surface area contributed by atoms with Gasteiger partial charge in [0, 0.05) is 19.0 Å². The van der Waals surface area contributed by atoms with Crippen LogP contribution in [0.5, 0.6) is 0 Å². The first-order valence-corrected chi connectivity index (χ1v) is 7.51. The number of aliphatic hydroxyl groups excluding tert-OH is 1. The van der Waals surface area contributed by atoms with Crippen LogP contribution in [0.4, 0.5) is 0 Å². The van der Waals surface area contributed by atoms with E-state index in [1.165, 1.54) is 16.7 Å². The number of ketones is 2. The number of Topliss-reactive ketones (excluding diaryl/α,β-unsaturated/α-hetero) is 2. The van der Waals surface area contributed by atoms with Gasteiger partial charge in [-0.15, -0.1) is 12.3 Å². The van der Waals surface area contributed by atoms with E-state index in [0.29, 0.717) is 11.1 Å². The van der Waals surface area contributed by atoms with Crippen LogP contribution in [0.25, 0.3) is 0 Å². The molecule has 2 N–H and O–H groups in total. The number of allylic oxidation sites excluding steroid dienone is 3. The van der Waals surface area contributed by atoms with Crippen molar-refractivity contribution in [3.8, 4) is 12.3 Å². The van der Waals surface area contributed by atoms with E-state index in [2.05, 4.69) is 11.2 Å². The van der Waals surface area contributed by atoms with Crippen LogP contribution in [-0.4, -0.2) is 27.5 Å². The average molecular weight is 324 g/mol. The van der Waals surface area contributed by atoms with E-state index in [1.54, 1.807) is 13.8 Å². The maximum atomic E-state index is 13.0. The smallest absolute Gasteiger partial charge is 0.251 e. The lowest BCUT2D eigenvalue weighted by molar-refractivity contribution is 0.0940. The monoisotopic (exact) mass is 324 g/mol. The molecule has 1 aromatic heterocycles. The van der Waals surface area contributed by atoms with Crippen molar-refractivity contribution in [2.24, 2.45) is 0 Å². The average Bonchev–Trinajstić information content (AvgIpc) is 2.50. The summed E-state index contributed by atoms with van der Waals surface area (Å²) < 4.78 is 1.24. The molecule has 2 aliphatic rings. The topological polar surface area (TPSA) is 88.4 Å². The number of hydrogen-bond acceptors (Lipinski definition) is 5. The number of dihydropyridines is 1. The minimum Gasteiger partial charge on any atom is -0.370 e. The minimum absolute atomic E-state index is 0.0273. The molecule has 0 saturated carbocycles. The highest BCUT2D eigenvalue weighted by atomic mass is 16.3. The van der Waals surface area contributed by atoms with Crippen LogP contribution < -0.4 is 10.9 Å². The summed E-state index contributed by atoms with van der Waals surface area (Å²) in [6.07, 6.45) is 5.93. The summed E-state index contributed by atoms with van der Waals surface area (Å²) >= 11 is 0. The molecule has 0 amide bonds. The summed E-state index contributed by atoms with van der Waals surface area (Å²) in [5.41, 5.74) is 1.13. The predicted octanol–water partition coefficient (Wildman–Crippen LogP) is 0.681. The number of fused-ring (bicyclic) bond motifs is 1. The number of rotatable bonds is 2. The van der Waals surface area contributed by atoms with Crippen LogP contribution in [0.1, 0.15) is 39.8 Å². The molecule has 0 spiro atoms. The first-order chi connectivity index (χ1) is 11.4. The highest BCUT2D eigenvalue weighted by Gasteiger charge is 2.38. The standard InChI is InChI=1S/C18H16N2O4/c1-4-5-6-20-12(22)8-10(3)14-16(20)18(24)15-13(17(14)23)9(2)7-11(21)19-15/h1,7-8,11,19,21H,5-6H2,2-3H3. The summed E-state index contributed by atoms with van der Waals surface area (Å²) in [5.74, 6) is 1.61. The SMILES string of the molecule is C#CCCn1c2c(c(C)cc1=O)C(=O)C1=C(NC(O)C=C1C)C2=O. The van der Waals surface area contributed by atoms with Crippen molar-refractivity contribution in [1.29, 1.82) is 0 Å². The fourth-order valence-corrected chi connectivity index (χ4v) is 3.18. The van der Waals surface area contributed by atoms with Crippen LogP contribution >= 0.6 is 0 Å². The number of aliphatic hydroxyl groups is 1. The molecule has 0 aromatic carbocycles. The van der Waals surface area contributed by atoms with Crippen LogP contribution in [0, 0.1) is 19.3 Å². The highest BCUT2D eigenvalue weighted by Crippen LogP contribution is 2.32. The molecule has 1 atom stereocenters. The van der Waals surface area contributed by atoms with Crippen molar-refractivity contribution in [2.75, 3.05) is 0 Å². The summed E-state index contributed by atoms with van der Waals surface area (Å²) in [6, 6.07) is 1.34. The highest BCUT2D eigenvalue weighted by molar-refractivity contribution is 6.28. The van der Waals surface area contributed by atoms with Gasteiger partial charge >= 0.3 is 0 Å². The Kier molecular flexibility index (Phi) is 3.74. The van der Waals surface area contributed by atoms with E-state index in [0.717, 1.165) is 0 Å². The molecule has 1 aliphatic carbocycles.